The van der Waals surface area contributed by atoms with E-state index in [1.54, 1.807) is 0 Å². The number of anilines is 3. The highest BCUT2D eigenvalue weighted by atomic mass is 16.3. The SMILES string of the molecule is c1ccc(C2(c3ccccc3)c3ccccc3-c3c(N(c4ccccc4-c4cccc5ccccc45)c4cccc5c4oc4ccccc45)cccc32)cc1. The topological polar surface area (TPSA) is 16.4 Å². The first-order valence-electron chi connectivity index (χ1n) is 18.9. The van der Waals surface area contributed by atoms with Crippen molar-refractivity contribution in [1.82, 2.24) is 0 Å². The zero-order valence-electron chi connectivity index (χ0n) is 30.1. The Morgan fingerprint density at radius 3 is 1.69 bits per heavy atom. The predicted molar refractivity (Wildman–Crippen MR) is 229 cm³/mol. The Bertz CT molecular complexity index is 3000. The molecule has 0 bridgehead atoms. The van der Waals surface area contributed by atoms with E-state index in [0.29, 0.717) is 0 Å². The second kappa shape index (κ2) is 12.5. The number of para-hydroxylation sites is 3. The van der Waals surface area contributed by atoms with Crippen LogP contribution in [0.2, 0.25) is 0 Å². The van der Waals surface area contributed by atoms with Gasteiger partial charge in [0.05, 0.1) is 22.5 Å². The predicted octanol–water partition coefficient (Wildman–Crippen LogP) is 14.2. The van der Waals surface area contributed by atoms with E-state index < -0.39 is 5.41 Å². The normalized spacial score (nSPS) is 12.9. The molecule has 0 amide bonds. The molecule has 0 radical (unpaired) electrons. The number of benzene rings is 9. The van der Waals surface area contributed by atoms with E-state index in [2.05, 4.69) is 211 Å². The average molecular weight is 702 g/mol. The van der Waals surface area contributed by atoms with Gasteiger partial charge in [-0.3, -0.25) is 0 Å². The lowest BCUT2D eigenvalue weighted by Crippen LogP contribution is -2.28. The molecule has 0 saturated heterocycles. The van der Waals surface area contributed by atoms with Gasteiger partial charge in [0, 0.05) is 21.9 Å². The van der Waals surface area contributed by atoms with E-state index in [4.69, 9.17) is 4.42 Å². The number of nitrogens with zero attached hydrogens (tertiary/aromatic N) is 1. The van der Waals surface area contributed by atoms with Crippen LogP contribution in [0.15, 0.2) is 217 Å². The summed E-state index contributed by atoms with van der Waals surface area (Å²) in [6, 6.07) is 77.0. The van der Waals surface area contributed by atoms with Gasteiger partial charge < -0.3 is 9.32 Å². The minimum absolute atomic E-state index is 0.531. The third kappa shape index (κ3) is 4.62. The fourth-order valence-corrected chi connectivity index (χ4v) is 9.31. The third-order valence-electron chi connectivity index (χ3n) is 11.6. The van der Waals surface area contributed by atoms with Crippen molar-refractivity contribution in [2.24, 2.45) is 0 Å². The molecule has 1 aliphatic rings. The number of hydrogen-bond acceptors (Lipinski definition) is 2. The van der Waals surface area contributed by atoms with Crippen LogP contribution in [0.5, 0.6) is 0 Å². The molecule has 1 aliphatic carbocycles. The molecule has 11 rings (SSSR count). The molecule has 0 N–H and O–H groups in total. The number of fused-ring (bicyclic) bond motifs is 7. The van der Waals surface area contributed by atoms with Gasteiger partial charge in [-0.05, 0) is 68.4 Å². The van der Waals surface area contributed by atoms with Gasteiger partial charge >= 0.3 is 0 Å². The number of furan rings is 1. The molecule has 10 aromatic rings. The smallest absolute Gasteiger partial charge is 0.159 e. The van der Waals surface area contributed by atoms with Crippen molar-refractivity contribution < 1.29 is 4.42 Å². The van der Waals surface area contributed by atoms with E-state index in [1.807, 2.05) is 6.07 Å². The van der Waals surface area contributed by atoms with Crippen LogP contribution in [0.25, 0.3) is 55.0 Å². The Labute approximate surface area is 320 Å². The molecule has 2 heteroatoms. The molecule has 258 valence electrons. The van der Waals surface area contributed by atoms with E-state index in [-0.39, 0.29) is 0 Å². The van der Waals surface area contributed by atoms with Crippen molar-refractivity contribution in [3.63, 3.8) is 0 Å². The van der Waals surface area contributed by atoms with Crippen LogP contribution < -0.4 is 4.90 Å². The molecule has 0 aliphatic heterocycles. The van der Waals surface area contributed by atoms with Crippen molar-refractivity contribution in [1.29, 1.82) is 0 Å². The summed E-state index contributed by atoms with van der Waals surface area (Å²) in [7, 11) is 0. The third-order valence-corrected chi connectivity index (χ3v) is 11.6. The lowest BCUT2D eigenvalue weighted by molar-refractivity contribution is 0.669. The summed E-state index contributed by atoms with van der Waals surface area (Å²) in [5.41, 5.74) is 14.2. The maximum atomic E-state index is 6.85. The molecule has 0 fully saturated rings. The molecule has 0 atom stereocenters. The van der Waals surface area contributed by atoms with Gasteiger partial charge in [0.2, 0.25) is 0 Å². The summed E-state index contributed by atoms with van der Waals surface area (Å²) in [5, 5.41) is 4.63. The Morgan fingerprint density at radius 2 is 0.873 bits per heavy atom. The largest absolute Gasteiger partial charge is 0.454 e. The minimum atomic E-state index is -0.531. The molecule has 0 saturated carbocycles. The maximum Gasteiger partial charge on any atom is 0.159 e. The molecule has 0 unspecified atom stereocenters. The first-order valence-corrected chi connectivity index (χ1v) is 18.9. The summed E-state index contributed by atoms with van der Waals surface area (Å²) in [6.07, 6.45) is 0. The van der Waals surface area contributed by atoms with Crippen molar-refractivity contribution in [3.8, 4) is 22.3 Å². The second-order valence-electron chi connectivity index (χ2n) is 14.4. The van der Waals surface area contributed by atoms with Crippen LogP contribution in [0.4, 0.5) is 17.1 Å². The number of rotatable bonds is 6. The molecular weight excluding hydrogens is 667 g/mol. The monoisotopic (exact) mass is 701 g/mol. The quantitative estimate of drug-likeness (QED) is 0.172. The van der Waals surface area contributed by atoms with Gasteiger partial charge in [0.25, 0.3) is 0 Å². The lowest BCUT2D eigenvalue weighted by Gasteiger charge is -2.34. The molecule has 9 aromatic carbocycles. The van der Waals surface area contributed by atoms with Gasteiger partial charge in [0.1, 0.15) is 5.58 Å². The molecule has 55 heavy (non-hydrogen) atoms. The maximum absolute atomic E-state index is 6.85. The summed E-state index contributed by atoms with van der Waals surface area (Å²) in [5.74, 6) is 0. The highest BCUT2D eigenvalue weighted by Crippen LogP contribution is 2.60. The molecular formula is C53H35NO. The average Bonchev–Trinajstić information content (AvgIpc) is 3.79. The highest BCUT2D eigenvalue weighted by molar-refractivity contribution is 6.12. The second-order valence-corrected chi connectivity index (χ2v) is 14.4. The minimum Gasteiger partial charge on any atom is -0.454 e. The van der Waals surface area contributed by atoms with E-state index in [9.17, 15) is 0 Å². The van der Waals surface area contributed by atoms with E-state index in [0.717, 1.165) is 44.6 Å². The van der Waals surface area contributed by atoms with Crippen LogP contribution in [0.3, 0.4) is 0 Å². The zero-order chi connectivity index (χ0) is 36.3. The summed E-state index contributed by atoms with van der Waals surface area (Å²) < 4.78 is 6.85. The number of hydrogen-bond donors (Lipinski definition) is 0. The van der Waals surface area contributed by atoms with Crippen LogP contribution in [0.1, 0.15) is 22.3 Å². The van der Waals surface area contributed by atoms with Gasteiger partial charge in [-0.15, -0.1) is 0 Å². The van der Waals surface area contributed by atoms with E-state index in [1.165, 1.54) is 49.7 Å². The van der Waals surface area contributed by atoms with Gasteiger partial charge in [-0.2, -0.15) is 0 Å². The highest BCUT2D eigenvalue weighted by Gasteiger charge is 2.47. The Hall–Kier alpha value is -7.16. The van der Waals surface area contributed by atoms with Crippen LogP contribution in [-0.2, 0) is 5.41 Å². The van der Waals surface area contributed by atoms with Crippen molar-refractivity contribution in [2.45, 2.75) is 5.41 Å². The Kier molecular flexibility index (Phi) is 7.11. The van der Waals surface area contributed by atoms with Crippen molar-refractivity contribution >= 4 is 49.8 Å². The van der Waals surface area contributed by atoms with Crippen LogP contribution in [-0.4, -0.2) is 0 Å². The first kappa shape index (κ1) is 31.4. The van der Waals surface area contributed by atoms with Gasteiger partial charge in [-0.1, -0.05) is 188 Å². The van der Waals surface area contributed by atoms with Crippen molar-refractivity contribution in [3.05, 3.63) is 235 Å². The van der Waals surface area contributed by atoms with Crippen molar-refractivity contribution in [2.75, 3.05) is 4.90 Å². The Morgan fingerprint density at radius 1 is 0.345 bits per heavy atom. The summed E-state index contributed by atoms with van der Waals surface area (Å²) >= 11 is 0. The van der Waals surface area contributed by atoms with Crippen LogP contribution >= 0.6 is 0 Å². The summed E-state index contributed by atoms with van der Waals surface area (Å²) in [4.78, 5) is 2.46. The summed E-state index contributed by atoms with van der Waals surface area (Å²) in [6.45, 7) is 0. The van der Waals surface area contributed by atoms with E-state index >= 15 is 0 Å². The van der Waals surface area contributed by atoms with Gasteiger partial charge in [-0.25, -0.2) is 0 Å². The Balaban J connectivity index is 1.28. The molecule has 1 aromatic heterocycles. The molecule has 1 heterocycles. The molecule has 0 spiro atoms. The fraction of sp³-hybridized carbons (Fsp3) is 0.0189. The van der Waals surface area contributed by atoms with Crippen LogP contribution in [0, 0.1) is 0 Å². The lowest BCUT2D eigenvalue weighted by atomic mass is 9.68. The first-order chi connectivity index (χ1) is 27.3. The molecule has 2 nitrogen and oxygen atoms in total. The fourth-order valence-electron chi connectivity index (χ4n) is 9.31. The zero-order valence-corrected chi connectivity index (χ0v) is 30.1. The standard InChI is InChI=1S/C53H35NO/c1-3-20-37(21-4-1)53(38-22-5-2-6-23-38)45-30-12-9-27-44(45)51-46(53)31-17-33-48(51)54(49-34-16-29-43-42-26-11-14-35-50(42)55-52(43)49)47-32-13-10-25-41(47)40-28-15-19-36-18-7-8-24-39(36)40/h1-35H. The van der Waals surface area contributed by atoms with Gasteiger partial charge in [0.15, 0.2) is 5.58 Å².